The lowest BCUT2D eigenvalue weighted by atomic mass is 9.72. The zero-order valence-electron chi connectivity index (χ0n) is 55.2. The fraction of sp³-hybridized carbons (Fsp3) is 0.562. The number of alkyl carbamates (subject to hydrolysis) is 2. The number of piperidine rings is 3. The van der Waals surface area contributed by atoms with E-state index in [1.807, 2.05) is 66.2 Å². The van der Waals surface area contributed by atoms with Crippen LogP contribution in [0, 0.1) is 34.0 Å². The van der Waals surface area contributed by atoms with Gasteiger partial charge in [-0.1, -0.05) is 72.8 Å². The first-order valence-corrected chi connectivity index (χ1v) is 34.7. The number of carbonyl (C=O) groups is 2. The number of nitrogens with one attached hydrogen (secondary N) is 2. The van der Waals surface area contributed by atoms with Gasteiger partial charge in [0.2, 0.25) is 11.8 Å². The smallest absolute Gasteiger partial charge is 0.408 e. The van der Waals surface area contributed by atoms with Crippen LogP contribution in [0.5, 0.6) is 11.8 Å². The molecule has 496 valence electrons. The number of nitrogens with two attached hydrogens (primary N) is 1. The Morgan fingerprint density at radius 2 is 0.860 bits per heavy atom. The van der Waals surface area contributed by atoms with Gasteiger partial charge in [-0.2, -0.15) is 0 Å². The minimum Gasteiger partial charge on any atom is -0.476 e. The van der Waals surface area contributed by atoms with Crippen LogP contribution in [-0.4, -0.2) is 117 Å². The second kappa shape index (κ2) is 28.0. The Balaban J connectivity index is 0.000000130. The molecule has 3 saturated heterocycles. The molecular weight excluding hydrogens is 1240 g/mol. The second-order valence-electron chi connectivity index (χ2n) is 29.6. The van der Waals surface area contributed by atoms with E-state index in [1.165, 1.54) is 71.9 Å². The van der Waals surface area contributed by atoms with Crippen LogP contribution in [0.15, 0.2) is 115 Å². The second-order valence-corrected chi connectivity index (χ2v) is 30.4. The summed E-state index contributed by atoms with van der Waals surface area (Å²) in [6, 6.07) is 25.7. The molecule has 6 aromatic rings. The van der Waals surface area contributed by atoms with Crippen molar-refractivity contribution in [2.45, 2.75) is 167 Å². The van der Waals surface area contributed by atoms with Crippen LogP contribution in [-0.2, 0) is 28.7 Å². The van der Waals surface area contributed by atoms with Gasteiger partial charge in [-0.05, 0) is 210 Å². The summed E-state index contributed by atoms with van der Waals surface area (Å²) < 4.78 is 23.3. The van der Waals surface area contributed by atoms with Crippen LogP contribution in [0.3, 0.4) is 0 Å². The summed E-state index contributed by atoms with van der Waals surface area (Å²) in [5.74, 6) is 6.09. The molecule has 0 unspecified atom stereocenters. The van der Waals surface area contributed by atoms with Gasteiger partial charge in [0.25, 0.3) is 0 Å². The van der Waals surface area contributed by atoms with Crippen molar-refractivity contribution in [1.29, 1.82) is 0 Å². The number of hydrogen-bond acceptors (Lipinski definition) is 17. The Morgan fingerprint density at radius 3 is 1.19 bits per heavy atom. The Bertz CT molecular complexity index is 3480. The quantitative estimate of drug-likeness (QED) is 0.0893. The molecule has 3 atom stereocenters. The first-order chi connectivity index (χ1) is 44.7. The highest BCUT2D eigenvalue weighted by atomic mass is 79.9. The molecule has 3 spiro atoms. The lowest BCUT2D eigenvalue weighted by molar-refractivity contribution is 0.0418. The Hall–Kier alpha value is -7.16. The number of aliphatic hydroxyl groups excluding tert-OH is 1. The van der Waals surface area contributed by atoms with Gasteiger partial charge in [0, 0.05) is 62.7 Å². The summed E-state index contributed by atoms with van der Waals surface area (Å²) in [7, 11) is 0. The molecule has 6 aliphatic carbocycles. The number of rotatable bonds is 12. The van der Waals surface area contributed by atoms with E-state index in [0.29, 0.717) is 30.2 Å². The minimum atomic E-state index is -0.522. The largest absolute Gasteiger partial charge is 0.476 e. The lowest BCUT2D eigenvalue weighted by Crippen LogP contribution is -2.47. The molecule has 0 radical (unpaired) electrons. The molecule has 3 aliphatic heterocycles. The van der Waals surface area contributed by atoms with Crippen molar-refractivity contribution >= 4 is 45.6 Å². The van der Waals surface area contributed by atoms with Gasteiger partial charge in [-0.3, -0.25) is 0 Å². The number of aromatic nitrogens is 6. The third-order valence-electron chi connectivity index (χ3n) is 20.3. The van der Waals surface area contributed by atoms with E-state index >= 15 is 0 Å². The molecule has 15 rings (SSSR count). The summed E-state index contributed by atoms with van der Waals surface area (Å²) in [5.41, 5.74) is 13.7. The van der Waals surface area contributed by atoms with Crippen molar-refractivity contribution in [3.8, 4) is 11.8 Å². The Labute approximate surface area is 557 Å². The molecule has 20 heteroatoms. The predicted octanol–water partition coefficient (Wildman–Crippen LogP) is 12.8. The average molecular weight is 1330 g/mol. The maximum Gasteiger partial charge on any atom is 0.408 e. The number of nitrogens with zero attached hydrogens (tertiary/aromatic N) is 9. The number of halogens is 1. The monoisotopic (exact) mass is 1330 g/mol. The number of amides is 2. The first kappa shape index (κ1) is 65.9. The molecular formula is C73H95BrN12O7. The number of ether oxygens (including phenoxy) is 4. The van der Waals surface area contributed by atoms with Gasteiger partial charge < -0.3 is 55.1 Å². The molecule has 0 bridgehead atoms. The van der Waals surface area contributed by atoms with E-state index in [4.69, 9.17) is 29.8 Å². The molecule has 3 aromatic carbocycles. The summed E-state index contributed by atoms with van der Waals surface area (Å²) in [6.07, 6.45) is 26.7. The highest BCUT2D eigenvalue weighted by molar-refractivity contribution is 9.10. The number of benzene rings is 3. The van der Waals surface area contributed by atoms with Gasteiger partial charge in [0.1, 0.15) is 33.3 Å². The van der Waals surface area contributed by atoms with E-state index in [-0.39, 0.29) is 46.6 Å². The standard InChI is InChI=1S/C26H34N4O3.C22H27BrN4O2.C21H26N4O.C4H8O/c1-25(2,3)33-24(31)29-23-20-7-5-4-6-19(20)14-26(23)10-12-30(13-11-26)21-15-28-22(16-27-21)32-17-18-8-9-18;1-21(2,3)29-20(28)26-19-16-7-5-4-6-15(16)12-22(19)8-10-27(11-9-22)18-14-24-17(23)13-25-18;22-20-17-4-2-1-3-16(17)11-21(20)7-9-25(10-8-21)18-12-24-19(13-23-18)26-14-15-5-6-15;5-3-4-1-2-4/h4-7,15-16,18,23H,8-14,17H2,1-3H3,(H,29,31);4-7,13-14,19H,8-12H2,1-3H3,(H,26,28);1-4,12-13,15,20H,5-11,14,22H2;4-5H,1-3H2/t23-;19-;20-;/m111./s1. The fourth-order valence-corrected chi connectivity index (χ4v) is 14.7. The highest BCUT2D eigenvalue weighted by Gasteiger charge is 2.51. The van der Waals surface area contributed by atoms with Crippen molar-refractivity contribution in [2.75, 3.05) is 73.8 Å². The highest BCUT2D eigenvalue weighted by Crippen LogP contribution is 2.55. The summed E-state index contributed by atoms with van der Waals surface area (Å²) >= 11 is 3.34. The molecule has 93 heavy (non-hydrogen) atoms. The predicted molar refractivity (Wildman–Crippen MR) is 363 cm³/mol. The van der Waals surface area contributed by atoms with Crippen molar-refractivity contribution in [3.63, 3.8) is 0 Å². The van der Waals surface area contributed by atoms with Gasteiger partial charge >= 0.3 is 12.2 Å². The van der Waals surface area contributed by atoms with Gasteiger partial charge in [0.05, 0.1) is 62.5 Å². The number of aliphatic hydroxyl groups is 1. The minimum absolute atomic E-state index is 0.000116. The number of carbonyl (C=O) groups excluding carboxylic acids is 2. The van der Waals surface area contributed by atoms with Crippen LogP contribution in [0.1, 0.15) is 170 Å². The number of anilines is 3. The Kier molecular flexibility index (Phi) is 19.9. The third-order valence-corrected chi connectivity index (χ3v) is 20.7. The van der Waals surface area contributed by atoms with Crippen LogP contribution in [0.25, 0.3) is 0 Å². The molecule has 9 aliphatic rings. The molecule has 5 N–H and O–H groups in total. The van der Waals surface area contributed by atoms with E-state index in [1.54, 1.807) is 18.6 Å². The number of hydrogen-bond donors (Lipinski definition) is 4. The maximum atomic E-state index is 12.7. The van der Waals surface area contributed by atoms with Crippen molar-refractivity contribution < 1.29 is 33.6 Å². The number of fused-ring (bicyclic) bond motifs is 3. The van der Waals surface area contributed by atoms with Crippen LogP contribution in [0.4, 0.5) is 27.0 Å². The topological polar surface area (TPSA) is 228 Å². The average Bonchev–Trinajstić information content (AvgIpc) is 1.63. The third kappa shape index (κ3) is 16.5. The van der Waals surface area contributed by atoms with E-state index < -0.39 is 11.2 Å². The SMILES string of the molecule is CC(C)(C)OC(=O)N[C@@H]1c2ccccc2CC12CCN(c1cnc(Br)cn1)CC2.CC(C)(C)OC(=O)N[C@@H]1c2ccccc2CC12CCN(c1cnc(OCC3CC3)cn1)CC2.N[C@@H]1c2ccccc2CC12CCN(c1cnc(OCC3CC3)cn1)CC2.OCC1CC1. The normalized spacial score (nSPS) is 21.9. The van der Waals surface area contributed by atoms with E-state index in [2.05, 4.69) is 138 Å². The molecule has 19 nitrogen and oxygen atoms in total. The van der Waals surface area contributed by atoms with Crippen molar-refractivity contribution in [3.05, 3.63) is 148 Å². The summed E-state index contributed by atoms with van der Waals surface area (Å²) in [6.45, 7) is 18.8. The van der Waals surface area contributed by atoms with Gasteiger partial charge in [-0.25, -0.2) is 39.5 Å². The van der Waals surface area contributed by atoms with Crippen LogP contribution < -0.4 is 40.5 Å². The summed E-state index contributed by atoms with van der Waals surface area (Å²) in [4.78, 5) is 59.1. The van der Waals surface area contributed by atoms with Crippen LogP contribution in [0.2, 0.25) is 0 Å². The zero-order chi connectivity index (χ0) is 65.0. The van der Waals surface area contributed by atoms with E-state index in [9.17, 15) is 9.59 Å². The Morgan fingerprint density at radius 1 is 0.505 bits per heavy atom. The van der Waals surface area contributed by atoms with E-state index in [0.717, 1.165) is 138 Å². The zero-order valence-corrected chi connectivity index (χ0v) is 56.8. The molecule has 6 fully saturated rings. The molecule has 3 saturated carbocycles. The first-order valence-electron chi connectivity index (χ1n) is 33.9. The molecule has 6 heterocycles. The lowest BCUT2D eigenvalue weighted by Gasteiger charge is -2.43. The van der Waals surface area contributed by atoms with Gasteiger partial charge in [0.15, 0.2) is 0 Å². The van der Waals surface area contributed by atoms with Gasteiger partial charge in [-0.15, -0.1) is 0 Å². The molecule has 3 aromatic heterocycles. The fourth-order valence-electron chi connectivity index (χ4n) is 14.5. The molecule has 2 amide bonds. The summed E-state index contributed by atoms with van der Waals surface area (Å²) in [5, 5.41) is 14.6. The van der Waals surface area contributed by atoms with Crippen molar-refractivity contribution in [1.82, 2.24) is 40.5 Å². The van der Waals surface area contributed by atoms with Crippen molar-refractivity contribution in [2.24, 2.45) is 39.7 Å². The van der Waals surface area contributed by atoms with Crippen LogP contribution >= 0.6 is 15.9 Å². The maximum absolute atomic E-state index is 12.7.